The highest BCUT2D eigenvalue weighted by Crippen LogP contribution is 2.40. The van der Waals surface area contributed by atoms with Crippen LogP contribution in [0.15, 0.2) is 16.9 Å². The molecule has 4 fully saturated rings. The van der Waals surface area contributed by atoms with Crippen molar-refractivity contribution in [2.24, 2.45) is 28.3 Å². The molecule has 4 saturated heterocycles. The maximum atomic E-state index is 6.78. The molecule has 0 radical (unpaired) electrons. The molecule has 0 amide bonds. The highest BCUT2D eigenvalue weighted by Gasteiger charge is 2.46. The molecular formula is C16H28N6. The zero-order valence-corrected chi connectivity index (χ0v) is 13.5. The SMILES string of the molecule is CC1CCCN1C1=CC(N)(C2CN3CCC2CC3)N=C(N)N1. The fraction of sp³-hybridized carbons (Fsp3) is 0.812. The molecular weight excluding hydrogens is 276 g/mol. The van der Waals surface area contributed by atoms with Crippen LogP contribution in [0.3, 0.4) is 0 Å². The minimum Gasteiger partial charge on any atom is -0.370 e. The molecule has 6 nitrogen and oxygen atoms in total. The molecule has 5 rings (SSSR count). The molecule has 0 aromatic heterocycles. The number of likely N-dealkylation sites (tertiary alicyclic amines) is 1. The monoisotopic (exact) mass is 304 g/mol. The number of nitrogens with zero attached hydrogens (tertiary/aromatic N) is 3. The summed E-state index contributed by atoms with van der Waals surface area (Å²) >= 11 is 0. The summed E-state index contributed by atoms with van der Waals surface area (Å²) in [5.41, 5.74) is 12.2. The second kappa shape index (κ2) is 5.13. The molecule has 2 bridgehead atoms. The quantitative estimate of drug-likeness (QED) is 0.680. The zero-order chi connectivity index (χ0) is 15.3. The first-order valence-electron chi connectivity index (χ1n) is 8.68. The fourth-order valence-corrected chi connectivity index (χ4v) is 4.78. The van der Waals surface area contributed by atoms with Crippen molar-refractivity contribution in [3.63, 3.8) is 0 Å². The van der Waals surface area contributed by atoms with E-state index in [4.69, 9.17) is 11.5 Å². The van der Waals surface area contributed by atoms with E-state index in [1.165, 1.54) is 38.8 Å². The smallest absolute Gasteiger partial charge is 0.196 e. The Morgan fingerprint density at radius 2 is 2.05 bits per heavy atom. The lowest BCUT2D eigenvalue weighted by molar-refractivity contribution is 0.0213. The average molecular weight is 304 g/mol. The lowest BCUT2D eigenvalue weighted by Gasteiger charge is -2.50. The van der Waals surface area contributed by atoms with Gasteiger partial charge in [0.2, 0.25) is 0 Å². The maximum Gasteiger partial charge on any atom is 0.196 e. The number of guanidine groups is 1. The van der Waals surface area contributed by atoms with Crippen LogP contribution in [0.5, 0.6) is 0 Å². The molecule has 5 aliphatic rings. The van der Waals surface area contributed by atoms with E-state index in [9.17, 15) is 0 Å². The Morgan fingerprint density at radius 3 is 2.64 bits per heavy atom. The summed E-state index contributed by atoms with van der Waals surface area (Å²) in [6.07, 6.45) is 7.10. The molecule has 0 aromatic carbocycles. The summed E-state index contributed by atoms with van der Waals surface area (Å²) in [5, 5.41) is 3.25. The topological polar surface area (TPSA) is 82.9 Å². The third-order valence-corrected chi connectivity index (χ3v) is 6.05. The van der Waals surface area contributed by atoms with E-state index < -0.39 is 5.66 Å². The van der Waals surface area contributed by atoms with Crippen LogP contribution < -0.4 is 16.8 Å². The Labute approximate surface area is 132 Å². The van der Waals surface area contributed by atoms with Crippen molar-refractivity contribution in [1.82, 2.24) is 15.1 Å². The molecule has 22 heavy (non-hydrogen) atoms. The van der Waals surface area contributed by atoms with Crippen molar-refractivity contribution in [2.45, 2.75) is 44.3 Å². The molecule has 0 saturated carbocycles. The number of aliphatic imine (C=N–C) groups is 1. The summed E-state index contributed by atoms with van der Waals surface area (Å²) in [6, 6.07) is 0.542. The van der Waals surface area contributed by atoms with Gasteiger partial charge in [-0.05, 0) is 57.7 Å². The van der Waals surface area contributed by atoms with Crippen molar-refractivity contribution in [2.75, 3.05) is 26.2 Å². The molecule has 122 valence electrons. The van der Waals surface area contributed by atoms with E-state index in [1.54, 1.807) is 0 Å². The average Bonchev–Trinajstić information content (AvgIpc) is 2.94. The summed E-state index contributed by atoms with van der Waals surface area (Å²) in [6.45, 7) is 6.83. The van der Waals surface area contributed by atoms with Gasteiger partial charge in [-0.25, -0.2) is 4.99 Å². The Bertz CT molecular complexity index is 507. The number of nitrogens with one attached hydrogen (secondary N) is 1. The predicted molar refractivity (Wildman–Crippen MR) is 87.8 cm³/mol. The van der Waals surface area contributed by atoms with E-state index in [-0.39, 0.29) is 0 Å². The molecule has 0 spiro atoms. The first kappa shape index (κ1) is 14.3. The maximum absolute atomic E-state index is 6.78. The van der Waals surface area contributed by atoms with Gasteiger partial charge in [0.05, 0.1) is 0 Å². The van der Waals surface area contributed by atoms with Crippen LogP contribution in [0.25, 0.3) is 0 Å². The number of fused-ring (bicyclic) bond motifs is 3. The lowest BCUT2D eigenvalue weighted by atomic mass is 9.72. The minimum atomic E-state index is -0.656. The normalized spacial score (nSPS) is 44.5. The van der Waals surface area contributed by atoms with Gasteiger partial charge in [0.15, 0.2) is 5.96 Å². The molecule has 3 atom stereocenters. The molecule has 5 heterocycles. The molecule has 0 aliphatic carbocycles. The van der Waals surface area contributed by atoms with Crippen LogP contribution in [0.2, 0.25) is 0 Å². The summed E-state index contributed by atoms with van der Waals surface area (Å²) < 4.78 is 0. The second-order valence-electron chi connectivity index (χ2n) is 7.47. The third kappa shape index (κ3) is 2.29. The van der Waals surface area contributed by atoms with Gasteiger partial charge in [0.1, 0.15) is 11.5 Å². The molecule has 5 aliphatic heterocycles. The van der Waals surface area contributed by atoms with Gasteiger partial charge in [-0.3, -0.25) is 0 Å². The summed E-state index contributed by atoms with van der Waals surface area (Å²) in [7, 11) is 0. The van der Waals surface area contributed by atoms with Crippen LogP contribution in [-0.2, 0) is 0 Å². The first-order valence-corrected chi connectivity index (χ1v) is 8.68. The minimum absolute atomic E-state index is 0.378. The summed E-state index contributed by atoms with van der Waals surface area (Å²) in [5.74, 6) is 2.59. The van der Waals surface area contributed by atoms with Crippen LogP contribution in [0.4, 0.5) is 0 Å². The Balaban J connectivity index is 1.63. The number of hydrogen-bond acceptors (Lipinski definition) is 6. The Hall–Kier alpha value is -1.27. The van der Waals surface area contributed by atoms with Crippen molar-refractivity contribution in [3.05, 3.63) is 11.9 Å². The van der Waals surface area contributed by atoms with Crippen molar-refractivity contribution >= 4 is 5.96 Å². The van der Waals surface area contributed by atoms with E-state index in [0.717, 1.165) is 18.9 Å². The van der Waals surface area contributed by atoms with E-state index in [1.807, 2.05) is 0 Å². The highest BCUT2D eigenvalue weighted by molar-refractivity contribution is 5.81. The number of rotatable bonds is 2. The lowest BCUT2D eigenvalue weighted by Crippen LogP contribution is -2.61. The standard InChI is InChI=1S/C16H28N6/c1-11-3-2-6-22(11)14-9-16(18,20-15(17)19-14)13-10-21-7-4-12(13)5-8-21/h9,11-13H,2-8,10,18H2,1H3,(H3,17,19,20). The van der Waals surface area contributed by atoms with Crippen LogP contribution >= 0.6 is 0 Å². The first-order chi connectivity index (χ1) is 10.5. The van der Waals surface area contributed by atoms with E-state index in [2.05, 4.69) is 33.1 Å². The van der Waals surface area contributed by atoms with Gasteiger partial charge in [0.25, 0.3) is 0 Å². The number of piperidine rings is 3. The fourth-order valence-electron chi connectivity index (χ4n) is 4.78. The van der Waals surface area contributed by atoms with Crippen molar-refractivity contribution < 1.29 is 0 Å². The van der Waals surface area contributed by atoms with Gasteiger partial charge in [-0.2, -0.15) is 0 Å². The van der Waals surface area contributed by atoms with Crippen LogP contribution in [0.1, 0.15) is 32.6 Å². The van der Waals surface area contributed by atoms with Gasteiger partial charge in [0, 0.05) is 25.0 Å². The van der Waals surface area contributed by atoms with Crippen LogP contribution in [-0.4, -0.2) is 53.6 Å². The predicted octanol–water partition coefficient (Wildman–Crippen LogP) is 0.227. The van der Waals surface area contributed by atoms with Crippen molar-refractivity contribution in [3.8, 4) is 0 Å². The van der Waals surface area contributed by atoms with E-state index >= 15 is 0 Å². The molecule has 5 N–H and O–H groups in total. The Kier molecular flexibility index (Phi) is 3.34. The highest BCUT2D eigenvalue weighted by atomic mass is 15.3. The second-order valence-corrected chi connectivity index (χ2v) is 7.47. The van der Waals surface area contributed by atoms with Crippen molar-refractivity contribution in [1.29, 1.82) is 0 Å². The third-order valence-electron chi connectivity index (χ3n) is 6.05. The summed E-state index contributed by atoms with van der Waals surface area (Å²) in [4.78, 5) is 9.55. The largest absolute Gasteiger partial charge is 0.370 e. The van der Waals surface area contributed by atoms with Gasteiger partial charge in [-0.1, -0.05) is 0 Å². The van der Waals surface area contributed by atoms with Gasteiger partial charge < -0.3 is 26.6 Å². The molecule has 0 aromatic rings. The van der Waals surface area contributed by atoms with Gasteiger partial charge >= 0.3 is 0 Å². The van der Waals surface area contributed by atoms with E-state index in [0.29, 0.717) is 23.8 Å². The molecule has 3 unspecified atom stereocenters. The van der Waals surface area contributed by atoms with Crippen LogP contribution in [0, 0.1) is 11.8 Å². The Morgan fingerprint density at radius 1 is 1.27 bits per heavy atom. The molecule has 6 heteroatoms. The zero-order valence-electron chi connectivity index (χ0n) is 13.5. The number of nitrogens with two attached hydrogens (primary N) is 2. The number of hydrogen-bond donors (Lipinski definition) is 3. The van der Waals surface area contributed by atoms with Gasteiger partial charge in [-0.15, -0.1) is 0 Å².